The van der Waals surface area contributed by atoms with Crippen molar-refractivity contribution in [1.29, 1.82) is 0 Å². The van der Waals surface area contributed by atoms with E-state index in [2.05, 4.69) is 9.82 Å². The summed E-state index contributed by atoms with van der Waals surface area (Å²) in [5, 5.41) is 3.99. The van der Waals surface area contributed by atoms with Crippen molar-refractivity contribution in [3.63, 3.8) is 0 Å². The molecule has 1 aromatic heterocycles. The average Bonchev–Trinajstić information content (AvgIpc) is 2.82. The number of nitrogens with two attached hydrogens (primary N) is 1. The fourth-order valence-corrected chi connectivity index (χ4v) is 3.25. The van der Waals surface area contributed by atoms with Gasteiger partial charge >= 0.3 is 0 Å². The monoisotopic (exact) mass is 324 g/mol. The molecule has 8 heteroatoms. The average molecular weight is 324 g/mol. The first kappa shape index (κ1) is 15.6. The van der Waals surface area contributed by atoms with Gasteiger partial charge in [0.1, 0.15) is 4.99 Å². The lowest BCUT2D eigenvalue weighted by molar-refractivity contribution is 0.580. The molecule has 2 rings (SSSR count). The van der Waals surface area contributed by atoms with Crippen molar-refractivity contribution in [1.82, 2.24) is 14.5 Å². The van der Waals surface area contributed by atoms with Crippen molar-refractivity contribution in [3.8, 4) is 0 Å². The van der Waals surface area contributed by atoms with Crippen molar-refractivity contribution < 1.29 is 8.42 Å². The van der Waals surface area contributed by atoms with Crippen LogP contribution in [-0.2, 0) is 29.4 Å². The fraction of sp³-hybridized carbons (Fsp3) is 0.231. The lowest BCUT2D eigenvalue weighted by Gasteiger charge is -2.09. The summed E-state index contributed by atoms with van der Waals surface area (Å²) in [5.74, 6) is -0.166. The third-order valence-corrected chi connectivity index (χ3v) is 4.38. The number of aromatic nitrogens is 2. The van der Waals surface area contributed by atoms with Crippen LogP contribution in [-0.4, -0.2) is 23.2 Å². The molecule has 0 aliphatic rings. The van der Waals surface area contributed by atoms with Crippen LogP contribution in [0, 0.1) is 0 Å². The summed E-state index contributed by atoms with van der Waals surface area (Å²) in [6, 6.07) is 6.95. The van der Waals surface area contributed by atoms with E-state index >= 15 is 0 Å². The first-order valence-corrected chi connectivity index (χ1v) is 8.26. The van der Waals surface area contributed by atoms with E-state index in [1.165, 1.54) is 0 Å². The number of aryl methyl sites for hydroxylation is 1. The van der Waals surface area contributed by atoms with E-state index in [0.29, 0.717) is 11.1 Å². The van der Waals surface area contributed by atoms with Crippen LogP contribution in [0.2, 0.25) is 0 Å². The van der Waals surface area contributed by atoms with Crippen LogP contribution in [0.3, 0.4) is 0 Å². The fourth-order valence-electron chi connectivity index (χ4n) is 1.90. The summed E-state index contributed by atoms with van der Waals surface area (Å²) in [4.78, 5) is 0.188. The van der Waals surface area contributed by atoms with E-state index in [0.717, 1.165) is 5.56 Å². The van der Waals surface area contributed by atoms with E-state index in [9.17, 15) is 8.42 Å². The minimum absolute atomic E-state index is 0.166. The third kappa shape index (κ3) is 4.35. The van der Waals surface area contributed by atoms with E-state index < -0.39 is 10.0 Å². The molecule has 0 unspecified atom stereocenters. The molecular weight excluding hydrogens is 308 g/mol. The van der Waals surface area contributed by atoms with Crippen LogP contribution in [0.15, 0.2) is 36.7 Å². The van der Waals surface area contributed by atoms with E-state index in [1.54, 1.807) is 48.4 Å². The molecule has 0 saturated carbocycles. The van der Waals surface area contributed by atoms with Crippen molar-refractivity contribution >= 4 is 27.2 Å². The zero-order valence-corrected chi connectivity index (χ0v) is 13.1. The van der Waals surface area contributed by atoms with Gasteiger partial charge in [-0.15, -0.1) is 0 Å². The van der Waals surface area contributed by atoms with Gasteiger partial charge in [0.15, 0.2) is 0 Å². The van der Waals surface area contributed by atoms with Gasteiger partial charge in [-0.1, -0.05) is 36.5 Å². The maximum Gasteiger partial charge on any atom is 0.216 e. The normalized spacial score (nSPS) is 11.5. The zero-order chi connectivity index (χ0) is 15.5. The minimum atomic E-state index is -3.48. The van der Waals surface area contributed by atoms with E-state index in [1.807, 2.05) is 0 Å². The van der Waals surface area contributed by atoms with Gasteiger partial charge in [-0.25, -0.2) is 13.1 Å². The molecule has 6 nitrogen and oxygen atoms in total. The molecule has 0 saturated heterocycles. The van der Waals surface area contributed by atoms with Crippen LogP contribution in [0.1, 0.15) is 16.7 Å². The number of sulfonamides is 1. The predicted octanol–water partition coefficient (Wildman–Crippen LogP) is 0.674. The number of nitrogens with one attached hydrogen (secondary N) is 1. The van der Waals surface area contributed by atoms with Gasteiger partial charge in [0.05, 0.1) is 11.9 Å². The van der Waals surface area contributed by atoms with Crippen LogP contribution >= 0.6 is 12.2 Å². The molecule has 2 aromatic rings. The molecule has 0 fully saturated rings. The highest BCUT2D eigenvalue weighted by molar-refractivity contribution is 7.88. The van der Waals surface area contributed by atoms with Gasteiger partial charge in [-0.3, -0.25) is 4.68 Å². The van der Waals surface area contributed by atoms with Gasteiger partial charge in [0.25, 0.3) is 0 Å². The molecule has 3 N–H and O–H groups in total. The van der Waals surface area contributed by atoms with Crippen LogP contribution in [0.4, 0.5) is 0 Å². The van der Waals surface area contributed by atoms with Crippen LogP contribution in [0.25, 0.3) is 0 Å². The van der Waals surface area contributed by atoms with E-state index in [-0.39, 0.29) is 17.3 Å². The Morgan fingerprint density at radius 1 is 1.43 bits per heavy atom. The molecule has 21 heavy (non-hydrogen) atoms. The molecule has 0 radical (unpaired) electrons. The van der Waals surface area contributed by atoms with Crippen molar-refractivity contribution in [2.24, 2.45) is 12.8 Å². The number of benzene rings is 1. The highest BCUT2D eigenvalue weighted by Crippen LogP contribution is 2.12. The quantitative estimate of drug-likeness (QED) is 0.763. The van der Waals surface area contributed by atoms with Crippen molar-refractivity contribution in [2.45, 2.75) is 12.3 Å². The Morgan fingerprint density at radius 3 is 2.76 bits per heavy atom. The van der Waals surface area contributed by atoms with Gasteiger partial charge in [-0.2, -0.15) is 5.10 Å². The first-order chi connectivity index (χ1) is 9.87. The lowest BCUT2D eigenvalue weighted by atomic mass is 10.1. The summed E-state index contributed by atoms with van der Waals surface area (Å²) >= 11 is 4.93. The second-order valence-corrected chi connectivity index (χ2v) is 6.87. The molecule has 0 bridgehead atoms. The number of rotatable bonds is 6. The second kappa shape index (κ2) is 6.33. The SMILES string of the molecule is Cn1cc(CNS(=O)(=O)Cc2ccccc2C(N)=S)cn1. The maximum atomic E-state index is 12.1. The molecule has 1 aromatic carbocycles. The Kier molecular flexibility index (Phi) is 4.71. The topological polar surface area (TPSA) is 90.0 Å². The first-order valence-electron chi connectivity index (χ1n) is 6.20. The van der Waals surface area contributed by atoms with Gasteiger partial charge in [0.2, 0.25) is 10.0 Å². The highest BCUT2D eigenvalue weighted by atomic mass is 32.2. The Morgan fingerprint density at radius 2 is 2.14 bits per heavy atom. The maximum absolute atomic E-state index is 12.1. The molecule has 0 amide bonds. The third-order valence-electron chi connectivity index (χ3n) is 2.88. The molecule has 0 aliphatic heterocycles. The van der Waals surface area contributed by atoms with Gasteiger partial charge in [0, 0.05) is 30.9 Å². The van der Waals surface area contributed by atoms with Crippen molar-refractivity contribution in [2.75, 3.05) is 0 Å². The summed E-state index contributed by atoms with van der Waals surface area (Å²) in [5.41, 5.74) is 7.57. The Labute approximate surface area is 129 Å². The summed E-state index contributed by atoms with van der Waals surface area (Å²) < 4.78 is 28.4. The van der Waals surface area contributed by atoms with E-state index in [4.69, 9.17) is 18.0 Å². The number of hydrogen-bond acceptors (Lipinski definition) is 4. The highest BCUT2D eigenvalue weighted by Gasteiger charge is 2.15. The Bertz CT molecular complexity index is 753. The molecule has 0 aliphatic carbocycles. The van der Waals surface area contributed by atoms with Gasteiger partial charge < -0.3 is 5.73 Å². The molecule has 0 atom stereocenters. The van der Waals surface area contributed by atoms with Crippen molar-refractivity contribution in [3.05, 3.63) is 53.3 Å². The second-order valence-electron chi connectivity index (χ2n) is 4.62. The number of nitrogens with zero attached hydrogens (tertiary/aromatic N) is 2. The molecule has 0 spiro atoms. The molecule has 112 valence electrons. The Balaban J connectivity index is 2.09. The number of thiocarbonyl (C=S) groups is 1. The molecule has 1 heterocycles. The predicted molar refractivity (Wildman–Crippen MR) is 85.0 cm³/mol. The van der Waals surface area contributed by atoms with Gasteiger partial charge in [-0.05, 0) is 5.56 Å². The summed E-state index contributed by atoms with van der Waals surface area (Å²) in [7, 11) is -1.71. The lowest BCUT2D eigenvalue weighted by Crippen LogP contribution is -2.25. The number of hydrogen-bond donors (Lipinski definition) is 2. The van der Waals surface area contributed by atoms with Crippen LogP contribution in [0.5, 0.6) is 0 Å². The summed E-state index contributed by atoms with van der Waals surface area (Å²) in [6.45, 7) is 0.200. The molecular formula is C13H16N4O2S2. The minimum Gasteiger partial charge on any atom is -0.389 e. The smallest absolute Gasteiger partial charge is 0.216 e. The van der Waals surface area contributed by atoms with Crippen LogP contribution < -0.4 is 10.5 Å². The largest absolute Gasteiger partial charge is 0.389 e. The summed E-state index contributed by atoms with van der Waals surface area (Å²) in [6.07, 6.45) is 3.37. The zero-order valence-electron chi connectivity index (χ0n) is 11.5. The Hall–Kier alpha value is -1.77. The standard InChI is InChI=1S/C13H16N4O2S2/c1-17-8-10(6-15-17)7-16-21(18,19)9-11-4-2-3-5-12(11)13(14)20/h2-6,8,16H,7,9H2,1H3,(H2,14,20).